The minimum atomic E-state index is -0.0484. The topological polar surface area (TPSA) is 58.4 Å². The number of benzene rings is 1. The van der Waals surface area contributed by atoms with E-state index in [0.717, 1.165) is 18.1 Å². The third kappa shape index (κ3) is 4.03. The molecule has 1 unspecified atom stereocenters. The van der Waals surface area contributed by atoms with Crippen LogP contribution in [0.5, 0.6) is 0 Å². The van der Waals surface area contributed by atoms with Crippen molar-refractivity contribution in [1.82, 2.24) is 4.90 Å². The summed E-state index contributed by atoms with van der Waals surface area (Å²) >= 11 is 7.83. The van der Waals surface area contributed by atoms with Gasteiger partial charge < -0.3 is 11.1 Å². The second-order valence-electron chi connectivity index (χ2n) is 4.67. The van der Waals surface area contributed by atoms with Crippen molar-refractivity contribution in [1.29, 1.82) is 0 Å². The maximum absolute atomic E-state index is 12.0. The molecule has 6 heteroatoms. The Morgan fingerprint density at radius 1 is 1.63 bits per heavy atom. The molecule has 2 rings (SSSR count). The summed E-state index contributed by atoms with van der Waals surface area (Å²) in [5.41, 5.74) is 6.92. The van der Waals surface area contributed by atoms with Gasteiger partial charge in [0.1, 0.15) is 0 Å². The van der Waals surface area contributed by atoms with Crippen molar-refractivity contribution < 1.29 is 4.79 Å². The Hall–Kier alpha value is -0.910. The van der Waals surface area contributed by atoms with Crippen LogP contribution in [0.2, 0.25) is 5.02 Å². The van der Waals surface area contributed by atoms with Gasteiger partial charge in [-0.3, -0.25) is 9.69 Å². The molecule has 1 saturated heterocycles. The second-order valence-corrected chi connectivity index (χ2v) is 6.26. The van der Waals surface area contributed by atoms with Crippen LogP contribution >= 0.6 is 23.4 Å². The van der Waals surface area contributed by atoms with E-state index in [9.17, 15) is 4.79 Å². The number of hydrogen-bond acceptors (Lipinski definition) is 4. The highest BCUT2D eigenvalue weighted by Crippen LogP contribution is 2.23. The maximum atomic E-state index is 12.0. The van der Waals surface area contributed by atoms with Gasteiger partial charge in [-0.25, -0.2) is 0 Å². The van der Waals surface area contributed by atoms with Crippen LogP contribution in [-0.4, -0.2) is 41.4 Å². The largest absolute Gasteiger partial charge is 0.397 e. The molecule has 104 valence electrons. The van der Waals surface area contributed by atoms with Gasteiger partial charge in [0.2, 0.25) is 5.91 Å². The molecule has 0 aromatic heterocycles. The van der Waals surface area contributed by atoms with E-state index < -0.39 is 0 Å². The number of nitrogen functional groups attached to an aromatic ring is 1. The average Bonchev–Trinajstić information content (AvgIpc) is 2.37. The second kappa shape index (κ2) is 6.50. The minimum Gasteiger partial charge on any atom is -0.397 e. The molecule has 0 aliphatic carbocycles. The van der Waals surface area contributed by atoms with E-state index in [-0.39, 0.29) is 5.91 Å². The van der Waals surface area contributed by atoms with Crippen molar-refractivity contribution in [3.8, 4) is 0 Å². The molecule has 0 bridgehead atoms. The molecular weight excluding hydrogens is 282 g/mol. The summed E-state index contributed by atoms with van der Waals surface area (Å²) < 4.78 is 0. The molecule has 3 N–H and O–H groups in total. The van der Waals surface area contributed by atoms with E-state index >= 15 is 0 Å². The quantitative estimate of drug-likeness (QED) is 0.841. The summed E-state index contributed by atoms with van der Waals surface area (Å²) in [7, 11) is 0. The Bertz CT molecular complexity index is 469. The molecule has 1 amide bonds. The van der Waals surface area contributed by atoms with Crippen LogP contribution in [0.3, 0.4) is 0 Å². The number of rotatable bonds is 3. The van der Waals surface area contributed by atoms with Crippen LogP contribution in [0.4, 0.5) is 11.4 Å². The SMILES string of the molecule is CC1CSCCN1CC(=O)Nc1cc(Cl)ccc1N. The highest BCUT2D eigenvalue weighted by Gasteiger charge is 2.21. The van der Waals surface area contributed by atoms with Gasteiger partial charge in [0, 0.05) is 29.1 Å². The number of nitrogens with zero attached hydrogens (tertiary/aromatic N) is 1. The Kier molecular flexibility index (Phi) is 4.96. The molecule has 1 aromatic rings. The number of carbonyl (C=O) groups is 1. The van der Waals surface area contributed by atoms with Crippen molar-refractivity contribution in [2.24, 2.45) is 0 Å². The summed E-state index contributed by atoms with van der Waals surface area (Å²) in [5.74, 6) is 2.11. The number of nitrogens with two attached hydrogens (primary N) is 1. The first-order chi connectivity index (χ1) is 9.06. The lowest BCUT2D eigenvalue weighted by Gasteiger charge is -2.32. The van der Waals surface area contributed by atoms with Gasteiger partial charge in [-0.1, -0.05) is 11.6 Å². The van der Waals surface area contributed by atoms with Gasteiger partial charge in [-0.15, -0.1) is 0 Å². The number of halogens is 1. The van der Waals surface area contributed by atoms with Gasteiger partial charge in [0.15, 0.2) is 0 Å². The van der Waals surface area contributed by atoms with Crippen LogP contribution in [0.25, 0.3) is 0 Å². The van der Waals surface area contributed by atoms with Gasteiger partial charge in [0.05, 0.1) is 17.9 Å². The van der Waals surface area contributed by atoms with E-state index in [4.69, 9.17) is 17.3 Å². The van der Waals surface area contributed by atoms with Crippen molar-refractivity contribution in [2.45, 2.75) is 13.0 Å². The summed E-state index contributed by atoms with van der Waals surface area (Å²) in [6, 6.07) is 5.50. The van der Waals surface area contributed by atoms with Gasteiger partial charge in [0.25, 0.3) is 0 Å². The Labute approximate surface area is 122 Å². The number of anilines is 2. The monoisotopic (exact) mass is 299 g/mol. The van der Waals surface area contributed by atoms with Gasteiger partial charge in [-0.05, 0) is 25.1 Å². The minimum absolute atomic E-state index is 0.0484. The third-order valence-corrected chi connectivity index (χ3v) is 4.57. The first-order valence-electron chi connectivity index (χ1n) is 6.23. The summed E-state index contributed by atoms with van der Waals surface area (Å²) in [6.45, 7) is 3.49. The fourth-order valence-corrected chi connectivity index (χ4v) is 3.26. The van der Waals surface area contributed by atoms with E-state index in [1.54, 1.807) is 18.2 Å². The molecule has 1 aliphatic heterocycles. The molecule has 1 heterocycles. The van der Waals surface area contributed by atoms with Crippen LogP contribution in [0.15, 0.2) is 18.2 Å². The van der Waals surface area contributed by atoms with Crippen LogP contribution in [0, 0.1) is 0 Å². The first-order valence-corrected chi connectivity index (χ1v) is 7.76. The lowest BCUT2D eigenvalue weighted by Crippen LogP contribution is -2.44. The van der Waals surface area contributed by atoms with E-state index in [2.05, 4.69) is 17.1 Å². The zero-order valence-electron chi connectivity index (χ0n) is 10.9. The van der Waals surface area contributed by atoms with Crippen molar-refractivity contribution in [2.75, 3.05) is 35.6 Å². The lowest BCUT2D eigenvalue weighted by molar-refractivity contribution is -0.117. The van der Waals surface area contributed by atoms with Crippen LogP contribution in [0.1, 0.15) is 6.92 Å². The Morgan fingerprint density at radius 3 is 3.16 bits per heavy atom. The van der Waals surface area contributed by atoms with Crippen molar-refractivity contribution in [3.05, 3.63) is 23.2 Å². The van der Waals surface area contributed by atoms with E-state index in [0.29, 0.717) is 29.0 Å². The normalized spacial score (nSPS) is 20.2. The predicted octanol–water partition coefficient (Wildman–Crippen LogP) is 2.30. The van der Waals surface area contributed by atoms with Crippen molar-refractivity contribution >= 4 is 40.6 Å². The van der Waals surface area contributed by atoms with Gasteiger partial charge >= 0.3 is 0 Å². The van der Waals surface area contributed by atoms with E-state index in [1.165, 1.54) is 0 Å². The summed E-state index contributed by atoms with van der Waals surface area (Å²) in [6.07, 6.45) is 0. The zero-order valence-corrected chi connectivity index (χ0v) is 12.4. The molecular formula is C13H18ClN3OS. The fraction of sp³-hybridized carbons (Fsp3) is 0.462. The Balaban J connectivity index is 1.95. The molecule has 1 fully saturated rings. The zero-order chi connectivity index (χ0) is 13.8. The summed E-state index contributed by atoms with van der Waals surface area (Å²) in [5, 5.41) is 3.38. The smallest absolute Gasteiger partial charge is 0.238 e. The van der Waals surface area contributed by atoms with Crippen molar-refractivity contribution in [3.63, 3.8) is 0 Å². The predicted molar refractivity (Wildman–Crippen MR) is 82.9 cm³/mol. The first kappa shape index (κ1) is 14.5. The van der Waals surface area contributed by atoms with E-state index in [1.807, 2.05) is 11.8 Å². The standard InChI is InChI=1S/C13H18ClN3OS/c1-9-8-19-5-4-17(9)7-13(18)16-12-6-10(14)2-3-11(12)15/h2-3,6,9H,4-5,7-8,15H2,1H3,(H,16,18). The maximum Gasteiger partial charge on any atom is 0.238 e. The molecule has 4 nitrogen and oxygen atoms in total. The molecule has 19 heavy (non-hydrogen) atoms. The van der Waals surface area contributed by atoms with Crippen LogP contribution in [-0.2, 0) is 4.79 Å². The molecule has 1 aliphatic rings. The summed E-state index contributed by atoms with van der Waals surface area (Å²) in [4.78, 5) is 14.2. The number of amides is 1. The number of thioether (sulfide) groups is 1. The molecule has 0 spiro atoms. The highest BCUT2D eigenvalue weighted by molar-refractivity contribution is 7.99. The van der Waals surface area contributed by atoms with Crippen LogP contribution < -0.4 is 11.1 Å². The average molecular weight is 300 g/mol. The molecule has 1 atom stereocenters. The Morgan fingerprint density at radius 2 is 2.42 bits per heavy atom. The van der Waals surface area contributed by atoms with Gasteiger partial charge in [-0.2, -0.15) is 11.8 Å². The number of carbonyl (C=O) groups excluding carboxylic acids is 1. The molecule has 0 saturated carbocycles. The molecule has 1 aromatic carbocycles. The highest BCUT2D eigenvalue weighted by atomic mass is 35.5. The fourth-order valence-electron chi connectivity index (χ4n) is 2.01. The number of nitrogens with one attached hydrogen (secondary N) is 1. The lowest BCUT2D eigenvalue weighted by atomic mass is 10.2. The number of hydrogen-bond donors (Lipinski definition) is 2. The third-order valence-electron chi connectivity index (χ3n) is 3.14. The molecule has 0 radical (unpaired) electrons.